The molecule has 5 atom stereocenters. The van der Waals surface area contributed by atoms with Gasteiger partial charge in [-0.3, -0.25) is 13.7 Å². The first-order valence-electron chi connectivity index (χ1n) is 5.54. The van der Waals surface area contributed by atoms with E-state index in [4.69, 9.17) is 13.7 Å². The molecule has 144 valence electrons. The van der Waals surface area contributed by atoms with E-state index < -0.39 is 68.5 Å². The molecule has 1 aliphatic heterocycles. The molecule has 5 N–H and O–H groups in total. The van der Waals surface area contributed by atoms with E-state index in [1.165, 1.54) is 0 Å². The zero-order valence-corrected chi connectivity index (χ0v) is 13.6. The average Bonchev–Trinajstić information content (AvgIpc) is 2.32. The van der Waals surface area contributed by atoms with Gasteiger partial charge in [-0.25, -0.2) is 12.5 Å². The van der Waals surface area contributed by atoms with E-state index in [9.17, 15) is 35.5 Å². The standard InChI is InChI=1S/C6H12O15S3/c7-3-4(20-23(12,13)14)2(1-18-22(9,10)11)19-6(8)5(3)21-24(15,16)17/h2-8H,1H2,(H,9,10,11)(H,12,13,14)(H,15,16,17)/t2-,3+,4+,5-,6+/m1/s1. The lowest BCUT2D eigenvalue weighted by Gasteiger charge is -2.40. The molecule has 0 bridgehead atoms. The van der Waals surface area contributed by atoms with E-state index in [1.807, 2.05) is 0 Å². The van der Waals surface area contributed by atoms with Gasteiger partial charge in [0.25, 0.3) is 0 Å². The van der Waals surface area contributed by atoms with Crippen LogP contribution in [0.25, 0.3) is 0 Å². The molecule has 0 aromatic carbocycles. The van der Waals surface area contributed by atoms with Crippen molar-refractivity contribution in [2.45, 2.75) is 30.7 Å². The van der Waals surface area contributed by atoms with Gasteiger partial charge in [0.1, 0.15) is 18.3 Å². The van der Waals surface area contributed by atoms with Crippen LogP contribution in [0.3, 0.4) is 0 Å². The van der Waals surface area contributed by atoms with Crippen LogP contribution >= 0.6 is 0 Å². The van der Waals surface area contributed by atoms with E-state index in [0.29, 0.717) is 0 Å². The van der Waals surface area contributed by atoms with Crippen molar-refractivity contribution in [3.05, 3.63) is 0 Å². The fraction of sp³-hybridized carbons (Fsp3) is 1.00. The van der Waals surface area contributed by atoms with Crippen LogP contribution in [0.15, 0.2) is 0 Å². The third kappa shape index (κ3) is 7.16. The second-order valence-corrected chi connectivity index (χ2v) is 7.43. The predicted octanol–water partition coefficient (Wildman–Crippen LogP) is -3.74. The smallest absolute Gasteiger partial charge is 0.387 e. The Bertz CT molecular complexity index is 734. The van der Waals surface area contributed by atoms with Crippen molar-refractivity contribution in [3.8, 4) is 0 Å². The minimum atomic E-state index is -5.28. The van der Waals surface area contributed by atoms with Crippen LogP contribution in [0.2, 0.25) is 0 Å². The third-order valence-electron chi connectivity index (χ3n) is 2.48. The highest BCUT2D eigenvalue weighted by molar-refractivity contribution is 7.81. The maximum Gasteiger partial charge on any atom is 0.397 e. The van der Waals surface area contributed by atoms with Crippen LogP contribution in [-0.4, -0.2) is 86.4 Å². The van der Waals surface area contributed by atoms with E-state index >= 15 is 0 Å². The summed E-state index contributed by atoms with van der Waals surface area (Å²) >= 11 is 0. The minimum Gasteiger partial charge on any atom is -0.387 e. The van der Waals surface area contributed by atoms with E-state index in [-0.39, 0.29) is 0 Å². The Balaban J connectivity index is 3.08. The summed E-state index contributed by atoms with van der Waals surface area (Å²) in [7, 11) is -15.6. The molecule has 1 aliphatic rings. The van der Waals surface area contributed by atoms with Gasteiger partial charge in [-0.2, -0.15) is 25.3 Å². The Morgan fingerprint density at radius 2 is 1.25 bits per heavy atom. The third-order valence-corrected chi connectivity index (χ3v) is 3.85. The molecular weight excluding hydrogens is 408 g/mol. The normalized spacial score (nSPS) is 32.6. The summed E-state index contributed by atoms with van der Waals surface area (Å²) in [5.41, 5.74) is 0. The Morgan fingerprint density at radius 3 is 1.67 bits per heavy atom. The zero-order chi connectivity index (χ0) is 18.9. The average molecular weight is 420 g/mol. The minimum absolute atomic E-state index is 1.22. The molecule has 0 aromatic rings. The van der Waals surface area contributed by atoms with Crippen LogP contribution in [0.1, 0.15) is 0 Å². The second-order valence-electron chi connectivity index (χ2n) is 4.25. The first kappa shape index (κ1) is 21.5. The van der Waals surface area contributed by atoms with Crippen molar-refractivity contribution in [2.24, 2.45) is 0 Å². The van der Waals surface area contributed by atoms with Gasteiger partial charge in [-0.15, -0.1) is 0 Å². The lowest BCUT2D eigenvalue weighted by Crippen LogP contribution is -2.61. The maximum atomic E-state index is 10.8. The SMILES string of the molecule is O=S(=O)(O)OC[C@H]1O[C@H](O)[C@H](OS(=O)(=O)O)[C@@H](O)[C@H]1OS(=O)(=O)O. The summed E-state index contributed by atoms with van der Waals surface area (Å²) in [5, 5.41) is 19.3. The van der Waals surface area contributed by atoms with Gasteiger partial charge in [0, 0.05) is 0 Å². The van der Waals surface area contributed by atoms with Crippen molar-refractivity contribution in [1.82, 2.24) is 0 Å². The van der Waals surface area contributed by atoms with E-state index in [1.54, 1.807) is 0 Å². The molecule has 0 spiro atoms. The van der Waals surface area contributed by atoms with Gasteiger partial charge in [0.05, 0.1) is 6.61 Å². The molecule has 0 aliphatic carbocycles. The summed E-state index contributed by atoms with van der Waals surface area (Å²) < 4.78 is 106. The molecule has 1 heterocycles. The number of hydrogen-bond donors (Lipinski definition) is 5. The van der Waals surface area contributed by atoms with Gasteiger partial charge in [-0.1, -0.05) is 0 Å². The van der Waals surface area contributed by atoms with Crippen LogP contribution in [-0.2, 0) is 48.5 Å². The molecule has 0 unspecified atom stereocenters. The van der Waals surface area contributed by atoms with Crippen molar-refractivity contribution < 1.29 is 66.4 Å². The number of hydrogen-bond acceptors (Lipinski definition) is 12. The van der Waals surface area contributed by atoms with E-state index in [0.717, 1.165) is 0 Å². The van der Waals surface area contributed by atoms with E-state index in [2.05, 4.69) is 17.3 Å². The summed E-state index contributed by atoms with van der Waals surface area (Å²) in [6.45, 7) is -1.22. The molecule has 1 fully saturated rings. The summed E-state index contributed by atoms with van der Waals surface area (Å²) in [5.74, 6) is 0. The Kier molecular flexibility index (Phi) is 6.63. The fourth-order valence-electron chi connectivity index (χ4n) is 1.70. The highest BCUT2D eigenvalue weighted by Gasteiger charge is 2.50. The number of aliphatic hydroxyl groups excluding tert-OH is 2. The molecule has 0 saturated carbocycles. The first-order chi connectivity index (χ1) is 10.6. The lowest BCUT2D eigenvalue weighted by atomic mass is 9.99. The van der Waals surface area contributed by atoms with Crippen LogP contribution < -0.4 is 0 Å². The van der Waals surface area contributed by atoms with Gasteiger partial charge < -0.3 is 14.9 Å². The van der Waals surface area contributed by atoms with Gasteiger partial charge in [0.15, 0.2) is 12.4 Å². The quantitative estimate of drug-likeness (QED) is 0.248. The largest absolute Gasteiger partial charge is 0.397 e. The molecule has 15 nitrogen and oxygen atoms in total. The van der Waals surface area contributed by atoms with Gasteiger partial charge in [0.2, 0.25) is 0 Å². The lowest BCUT2D eigenvalue weighted by molar-refractivity contribution is -0.275. The van der Waals surface area contributed by atoms with Crippen LogP contribution in [0, 0.1) is 0 Å². The van der Waals surface area contributed by atoms with Crippen LogP contribution in [0.5, 0.6) is 0 Å². The molecule has 18 heteroatoms. The molecule has 1 rings (SSSR count). The summed E-state index contributed by atoms with van der Waals surface area (Å²) in [4.78, 5) is 0. The number of rotatable bonds is 7. The summed E-state index contributed by atoms with van der Waals surface area (Å²) in [6.07, 6.45) is -11.2. The topological polar surface area (TPSA) is 240 Å². The molecular formula is C6H12O15S3. The first-order valence-corrected chi connectivity index (χ1v) is 9.63. The van der Waals surface area contributed by atoms with Gasteiger partial charge >= 0.3 is 31.2 Å². The molecule has 0 aromatic heterocycles. The summed E-state index contributed by atoms with van der Waals surface area (Å²) in [6, 6.07) is 0. The van der Waals surface area contributed by atoms with Crippen molar-refractivity contribution in [3.63, 3.8) is 0 Å². The van der Waals surface area contributed by atoms with Gasteiger partial charge in [-0.05, 0) is 0 Å². The zero-order valence-electron chi connectivity index (χ0n) is 11.1. The molecule has 0 radical (unpaired) electrons. The van der Waals surface area contributed by atoms with Crippen molar-refractivity contribution in [2.75, 3.05) is 6.61 Å². The maximum absolute atomic E-state index is 10.8. The monoisotopic (exact) mass is 420 g/mol. The Morgan fingerprint density at radius 1 is 0.792 bits per heavy atom. The second kappa shape index (κ2) is 7.39. The number of aliphatic hydroxyl groups is 2. The predicted molar refractivity (Wildman–Crippen MR) is 67.2 cm³/mol. The molecule has 0 amide bonds. The Hall–Kier alpha value is -0.510. The number of ether oxygens (including phenoxy) is 1. The highest BCUT2D eigenvalue weighted by Crippen LogP contribution is 2.27. The fourth-order valence-corrected chi connectivity index (χ4v) is 3.02. The Labute approximate surface area is 135 Å². The van der Waals surface area contributed by atoms with Crippen LogP contribution in [0.4, 0.5) is 0 Å². The molecule has 1 saturated heterocycles. The molecule has 24 heavy (non-hydrogen) atoms. The van der Waals surface area contributed by atoms with Crippen molar-refractivity contribution in [1.29, 1.82) is 0 Å². The highest BCUT2D eigenvalue weighted by atomic mass is 32.3. The van der Waals surface area contributed by atoms with Crippen molar-refractivity contribution >= 4 is 31.2 Å².